The van der Waals surface area contributed by atoms with Crippen molar-refractivity contribution in [2.24, 2.45) is 11.8 Å². The third kappa shape index (κ3) is 6.75. The molecule has 2 N–H and O–H groups in total. The number of carbonyl (C=O) groups is 1. The molecule has 0 bridgehead atoms. The highest BCUT2D eigenvalue weighted by molar-refractivity contribution is 7.89. The average Bonchev–Trinajstić information content (AvgIpc) is 3.50. The molecule has 1 aliphatic heterocycles. The standard InChI is InChI=1S/C25H36N2O7S/c1-32-21-8-10-22(11-9-21)35(30,31)27(12-14-28)13-15-33-24-17-19(18-4-2-3-5-18)16-23(34-24)25(29)26-20-6-7-20/h8-11,16,18-20,24,28H,2-7,12-15,17H2,1H3,(H,26,29)/t19-,24+/m1/s1. The lowest BCUT2D eigenvalue weighted by atomic mass is 9.86. The summed E-state index contributed by atoms with van der Waals surface area (Å²) in [5.41, 5.74) is 0. The molecular weight excluding hydrogens is 472 g/mol. The van der Waals surface area contributed by atoms with E-state index in [0.717, 1.165) is 25.7 Å². The summed E-state index contributed by atoms with van der Waals surface area (Å²) in [6.45, 7) is -0.235. The highest BCUT2D eigenvalue weighted by Gasteiger charge is 2.35. The predicted octanol–water partition coefficient (Wildman–Crippen LogP) is 2.41. The van der Waals surface area contributed by atoms with Gasteiger partial charge in [-0.05, 0) is 67.9 Å². The number of rotatable bonds is 12. The van der Waals surface area contributed by atoms with E-state index >= 15 is 0 Å². The first kappa shape index (κ1) is 25.9. The molecule has 0 saturated heterocycles. The molecular formula is C25H36N2O7S. The summed E-state index contributed by atoms with van der Waals surface area (Å²) in [7, 11) is -2.31. The summed E-state index contributed by atoms with van der Waals surface area (Å²) >= 11 is 0. The number of hydrogen-bond acceptors (Lipinski definition) is 7. The Kier molecular flexibility index (Phi) is 8.69. The quantitative estimate of drug-likeness (QED) is 0.446. The van der Waals surface area contributed by atoms with Crippen LogP contribution in [0, 0.1) is 11.8 Å². The number of carbonyl (C=O) groups excluding carboxylic acids is 1. The van der Waals surface area contributed by atoms with Crippen LogP contribution in [0.2, 0.25) is 0 Å². The molecule has 194 valence electrons. The number of hydrogen-bond donors (Lipinski definition) is 2. The number of allylic oxidation sites excluding steroid dienone is 1. The molecule has 9 nitrogen and oxygen atoms in total. The zero-order valence-electron chi connectivity index (χ0n) is 20.2. The van der Waals surface area contributed by atoms with Crippen LogP contribution in [-0.4, -0.2) is 69.5 Å². The van der Waals surface area contributed by atoms with Crippen LogP contribution in [0.3, 0.4) is 0 Å². The predicted molar refractivity (Wildman–Crippen MR) is 129 cm³/mol. The maximum Gasteiger partial charge on any atom is 0.286 e. The maximum absolute atomic E-state index is 13.1. The molecule has 0 aromatic heterocycles. The Bertz CT molecular complexity index is 986. The zero-order valence-corrected chi connectivity index (χ0v) is 21.0. The molecule has 0 radical (unpaired) electrons. The van der Waals surface area contributed by atoms with Gasteiger partial charge in [-0.25, -0.2) is 8.42 Å². The largest absolute Gasteiger partial charge is 0.497 e. The van der Waals surface area contributed by atoms with Crippen LogP contribution >= 0.6 is 0 Å². The fourth-order valence-electron chi connectivity index (χ4n) is 4.79. The van der Waals surface area contributed by atoms with Gasteiger partial charge in [0.15, 0.2) is 5.76 Å². The third-order valence-corrected chi connectivity index (χ3v) is 8.83. The Morgan fingerprint density at radius 2 is 1.86 bits per heavy atom. The number of benzene rings is 1. The highest BCUT2D eigenvalue weighted by Crippen LogP contribution is 2.38. The maximum atomic E-state index is 13.1. The summed E-state index contributed by atoms with van der Waals surface area (Å²) in [5, 5.41) is 12.4. The van der Waals surface area contributed by atoms with E-state index in [1.165, 1.54) is 36.4 Å². The summed E-state index contributed by atoms with van der Waals surface area (Å²) in [6.07, 6.45) is 8.63. The molecule has 1 aromatic rings. The lowest BCUT2D eigenvalue weighted by Gasteiger charge is -2.32. The minimum atomic E-state index is -3.82. The van der Waals surface area contributed by atoms with Gasteiger partial charge in [0.05, 0.1) is 25.2 Å². The van der Waals surface area contributed by atoms with Crippen molar-refractivity contribution in [2.75, 3.05) is 33.4 Å². The van der Waals surface area contributed by atoms with Gasteiger partial charge in [0.25, 0.3) is 5.91 Å². The third-order valence-electron chi connectivity index (χ3n) is 6.92. The van der Waals surface area contributed by atoms with E-state index in [2.05, 4.69) is 5.32 Å². The first-order valence-corrected chi connectivity index (χ1v) is 13.9. The van der Waals surface area contributed by atoms with Crippen molar-refractivity contribution in [1.82, 2.24) is 9.62 Å². The van der Waals surface area contributed by atoms with E-state index in [9.17, 15) is 18.3 Å². The molecule has 1 aromatic carbocycles. The molecule has 0 unspecified atom stereocenters. The Hall–Kier alpha value is -2.14. The Morgan fingerprint density at radius 3 is 2.49 bits per heavy atom. The summed E-state index contributed by atoms with van der Waals surface area (Å²) in [5.74, 6) is 1.38. The fourth-order valence-corrected chi connectivity index (χ4v) is 6.20. The second kappa shape index (κ2) is 11.7. The van der Waals surface area contributed by atoms with Gasteiger partial charge in [-0.3, -0.25) is 4.79 Å². The van der Waals surface area contributed by atoms with Gasteiger partial charge in [0, 0.05) is 25.6 Å². The number of aliphatic hydroxyl groups excluding tert-OH is 1. The molecule has 1 heterocycles. The van der Waals surface area contributed by atoms with Gasteiger partial charge in [0.2, 0.25) is 16.3 Å². The zero-order chi connectivity index (χ0) is 24.8. The van der Waals surface area contributed by atoms with E-state index in [0.29, 0.717) is 23.8 Å². The van der Waals surface area contributed by atoms with E-state index in [1.54, 1.807) is 12.1 Å². The van der Waals surface area contributed by atoms with Gasteiger partial charge < -0.3 is 24.6 Å². The molecule has 10 heteroatoms. The van der Waals surface area contributed by atoms with Crippen molar-refractivity contribution in [1.29, 1.82) is 0 Å². The van der Waals surface area contributed by atoms with Gasteiger partial charge in [-0.1, -0.05) is 12.8 Å². The number of sulfonamides is 1. The van der Waals surface area contributed by atoms with Gasteiger partial charge in [-0.2, -0.15) is 4.31 Å². The van der Waals surface area contributed by atoms with Crippen LogP contribution in [0.1, 0.15) is 44.9 Å². The molecule has 2 atom stereocenters. The first-order valence-electron chi connectivity index (χ1n) is 12.5. The Balaban J connectivity index is 1.38. The summed E-state index contributed by atoms with van der Waals surface area (Å²) in [4.78, 5) is 12.8. The number of amides is 1. The monoisotopic (exact) mass is 508 g/mol. The highest BCUT2D eigenvalue weighted by atomic mass is 32.2. The number of methoxy groups -OCH3 is 1. The lowest BCUT2D eigenvalue weighted by molar-refractivity contribution is -0.151. The van der Waals surface area contributed by atoms with Crippen molar-refractivity contribution in [3.8, 4) is 5.75 Å². The Labute approximate surface area is 207 Å². The van der Waals surface area contributed by atoms with Crippen molar-refractivity contribution in [2.45, 2.75) is 62.2 Å². The smallest absolute Gasteiger partial charge is 0.286 e. The van der Waals surface area contributed by atoms with Crippen LogP contribution < -0.4 is 10.1 Å². The number of nitrogens with one attached hydrogen (secondary N) is 1. The number of aliphatic hydroxyl groups is 1. The lowest BCUT2D eigenvalue weighted by Crippen LogP contribution is -2.39. The van der Waals surface area contributed by atoms with Crippen molar-refractivity contribution in [3.05, 3.63) is 36.1 Å². The van der Waals surface area contributed by atoms with Crippen LogP contribution in [0.5, 0.6) is 5.75 Å². The van der Waals surface area contributed by atoms with Gasteiger partial charge in [-0.15, -0.1) is 0 Å². The van der Waals surface area contributed by atoms with Crippen LogP contribution in [0.4, 0.5) is 0 Å². The molecule has 4 rings (SSSR count). The Morgan fingerprint density at radius 1 is 1.14 bits per heavy atom. The van der Waals surface area contributed by atoms with E-state index < -0.39 is 16.3 Å². The summed E-state index contributed by atoms with van der Waals surface area (Å²) < 4.78 is 44.4. The average molecular weight is 509 g/mol. The molecule has 2 fully saturated rings. The van der Waals surface area contributed by atoms with Crippen molar-refractivity contribution < 1.29 is 32.5 Å². The van der Waals surface area contributed by atoms with Crippen LogP contribution in [0.25, 0.3) is 0 Å². The second-order valence-electron chi connectivity index (χ2n) is 9.44. The SMILES string of the molecule is COc1ccc(S(=O)(=O)N(CCO)CCO[C@@H]2C[C@H](C3CCCC3)C=C(C(=O)NC3CC3)O2)cc1. The second-order valence-corrected chi connectivity index (χ2v) is 11.4. The van der Waals surface area contributed by atoms with E-state index in [-0.39, 0.29) is 49.1 Å². The molecule has 2 saturated carbocycles. The van der Waals surface area contributed by atoms with Crippen molar-refractivity contribution in [3.63, 3.8) is 0 Å². The van der Waals surface area contributed by atoms with Gasteiger partial charge in [0.1, 0.15) is 5.75 Å². The van der Waals surface area contributed by atoms with E-state index in [4.69, 9.17) is 14.2 Å². The number of nitrogens with zero attached hydrogens (tertiary/aromatic N) is 1. The number of ether oxygens (including phenoxy) is 3. The minimum Gasteiger partial charge on any atom is -0.497 e. The first-order chi connectivity index (χ1) is 16.9. The summed E-state index contributed by atoms with van der Waals surface area (Å²) in [6, 6.07) is 6.35. The van der Waals surface area contributed by atoms with Crippen LogP contribution in [0.15, 0.2) is 41.0 Å². The topological polar surface area (TPSA) is 114 Å². The van der Waals surface area contributed by atoms with E-state index in [1.807, 2.05) is 6.08 Å². The molecule has 2 aliphatic carbocycles. The van der Waals surface area contributed by atoms with Crippen molar-refractivity contribution >= 4 is 15.9 Å². The normalized spacial score (nSPS) is 23.1. The minimum absolute atomic E-state index is 0.0518. The molecule has 0 spiro atoms. The fraction of sp³-hybridized carbons (Fsp3) is 0.640. The van der Waals surface area contributed by atoms with Gasteiger partial charge >= 0.3 is 0 Å². The molecule has 1 amide bonds. The molecule has 3 aliphatic rings. The van der Waals surface area contributed by atoms with Crippen LogP contribution in [-0.2, 0) is 24.3 Å². The molecule has 35 heavy (non-hydrogen) atoms.